The van der Waals surface area contributed by atoms with E-state index in [-0.39, 0.29) is 31.8 Å². The summed E-state index contributed by atoms with van der Waals surface area (Å²) in [4.78, 5) is 54.2. The van der Waals surface area contributed by atoms with Crippen LogP contribution in [0.1, 0.15) is 60.8 Å². The van der Waals surface area contributed by atoms with E-state index in [0.29, 0.717) is 0 Å². The molecule has 0 radical (unpaired) electrons. The number of carbonyl (C=O) groups is 4. The number of aliphatic hydroxyl groups is 1. The molecule has 6 atom stereocenters. The minimum absolute atomic E-state index is 0.0494. The molecule has 5 aliphatic rings. The molecule has 2 saturated carbocycles. The Hall–Kier alpha value is -2.32. The third-order valence-corrected chi connectivity index (χ3v) is 9.78. The molecule has 0 aromatic carbocycles. The summed E-state index contributed by atoms with van der Waals surface area (Å²) in [7, 11) is 1.21. The Morgan fingerprint density at radius 1 is 1.12 bits per heavy atom. The van der Waals surface area contributed by atoms with Gasteiger partial charge in [-0.3, -0.25) is 19.2 Å². The molecule has 34 heavy (non-hydrogen) atoms. The summed E-state index contributed by atoms with van der Waals surface area (Å²) in [5.74, 6) is -3.06. The van der Waals surface area contributed by atoms with Crippen molar-refractivity contribution < 1.29 is 38.5 Å². The summed E-state index contributed by atoms with van der Waals surface area (Å²) in [5.41, 5.74) is -6.41. The number of esters is 2. The number of Topliss-reactive ketones (excluding diaryl/α,β-unsaturated/α-hetero) is 2. The smallest absolute Gasteiger partial charge is 0.323 e. The van der Waals surface area contributed by atoms with E-state index in [1.54, 1.807) is 6.92 Å². The van der Waals surface area contributed by atoms with Gasteiger partial charge in [0.05, 0.1) is 25.6 Å². The molecule has 8 heteroatoms. The van der Waals surface area contributed by atoms with Crippen LogP contribution in [0.5, 0.6) is 0 Å². The number of hydrogen-bond acceptors (Lipinski definition) is 8. The summed E-state index contributed by atoms with van der Waals surface area (Å²) in [5, 5.41) is 11.3. The maximum absolute atomic E-state index is 14.2. The fraction of sp³-hybridized carbons (Fsp3) is 0.692. The van der Waals surface area contributed by atoms with Crippen LogP contribution >= 0.6 is 0 Å². The van der Waals surface area contributed by atoms with E-state index in [2.05, 4.69) is 0 Å². The Morgan fingerprint density at radius 3 is 2.29 bits per heavy atom. The van der Waals surface area contributed by atoms with Crippen molar-refractivity contribution in [2.24, 2.45) is 22.2 Å². The van der Waals surface area contributed by atoms with Gasteiger partial charge in [0, 0.05) is 5.41 Å². The second kappa shape index (κ2) is 6.26. The first kappa shape index (κ1) is 23.4. The molecule has 0 amide bonds. The van der Waals surface area contributed by atoms with Crippen LogP contribution in [0.2, 0.25) is 0 Å². The molecule has 5 rings (SSSR count). The Bertz CT molecular complexity index is 1140. The molecule has 0 unspecified atom stereocenters. The summed E-state index contributed by atoms with van der Waals surface area (Å²) >= 11 is 0. The first-order valence-electron chi connectivity index (χ1n) is 11.8. The molecule has 8 nitrogen and oxygen atoms in total. The Morgan fingerprint density at radius 2 is 1.74 bits per heavy atom. The van der Waals surface area contributed by atoms with Crippen LogP contribution in [-0.4, -0.2) is 59.1 Å². The van der Waals surface area contributed by atoms with E-state index in [1.165, 1.54) is 14.0 Å². The molecule has 4 fully saturated rings. The first-order chi connectivity index (χ1) is 15.6. The van der Waals surface area contributed by atoms with E-state index in [1.807, 2.05) is 33.8 Å². The van der Waals surface area contributed by atoms with Crippen molar-refractivity contribution in [2.75, 3.05) is 13.7 Å². The fourth-order valence-corrected chi connectivity index (χ4v) is 8.06. The van der Waals surface area contributed by atoms with Gasteiger partial charge in [-0.15, -0.1) is 0 Å². The second-order valence-corrected chi connectivity index (χ2v) is 11.7. The van der Waals surface area contributed by atoms with Gasteiger partial charge in [0.25, 0.3) is 0 Å². The zero-order valence-corrected chi connectivity index (χ0v) is 20.8. The van der Waals surface area contributed by atoms with E-state index in [9.17, 15) is 24.3 Å². The summed E-state index contributed by atoms with van der Waals surface area (Å²) in [6.07, 6.45) is 2.58. The maximum Gasteiger partial charge on any atom is 0.323 e. The molecule has 184 valence electrons. The van der Waals surface area contributed by atoms with Gasteiger partial charge in [0.1, 0.15) is 11.2 Å². The van der Waals surface area contributed by atoms with Crippen LogP contribution < -0.4 is 0 Å². The van der Waals surface area contributed by atoms with Crippen LogP contribution in [0.25, 0.3) is 0 Å². The lowest BCUT2D eigenvalue weighted by molar-refractivity contribution is -0.225. The third-order valence-electron chi connectivity index (χ3n) is 9.78. The molecule has 2 bridgehead atoms. The summed E-state index contributed by atoms with van der Waals surface area (Å²) < 4.78 is 16.9. The van der Waals surface area contributed by atoms with Gasteiger partial charge in [-0.2, -0.15) is 0 Å². The van der Waals surface area contributed by atoms with E-state index in [0.717, 1.165) is 16.7 Å². The molecule has 2 saturated heterocycles. The Labute approximate surface area is 198 Å². The second-order valence-electron chi connectivity index (χ2n) is 11.7. The van der Waals surface area contributed by atoms with Crippen molar-refractivity contribution in [1.82, 2.24) is 0 Å². The molecule has 0 aromatic rings. The highest BCUT2D eigenvalue weighted by Crippen LogP contribution is 2.77. The van der Waals surface area contributed by atoms with E-state index < -0.39 is 56.5 Å². The number of fused-ring (bicyclic) bond motifs is 3. The number of allylic oxidation sites excluding steroid dienone is 2. The van der Waals surface area contributed by atoms with Crippen molar-refractivity contribution in [3.63, 3.8) is 0 Å². The van der Waals surface area contributed by atoms with Gasteiger partial charge in [-0.1, -0.05) is 18.6 Å². The van der Waals surface area contributed by atoms with Crippen LogP contribution in [0.3, 0.4) is 0 Å². The van der Waals surface area contributed by atoms with Gasteiger partial charge < -0.3 is 19.3 Å². The highest BCUT2D eigenvalue weighted by Gasteiger charge is 2.91. The number of ether oxygens (including phenoxy) is 3. The summed E-state index contributed by atoms with van der Waals surface area (Å²) in [6.45, 7) is 10.3. The van der Waals surface area contributed by atoms with Crippen LogP contribution in [0.15, 0.2) is 22.8 Å². The van der Waals surface area contributed by atoms with Gasteiger partial charge in [-0.25, -0.2) is 0 Å². The lowest BCUT2D eigenvalue weighted by Gasteiger charge is -2.65. The quantitative estimate of drug-likeness (QED) is 0.351. The number of ketones is 2. The largest absolute Gasteiger partial charge is 0.468 e. The molecule has 2 heterocycles. The zero-order valence-electron chi connectivity index (χ0n) is 20.8. The van der Waals surface area contributed by atoms with Crippen molar-refractivity contribution in [1.29, 1.82) is 0 Å². The molecule has 1 N–H and O–H groups in total. The fourth-order valence-electron chi connectivity index (χ4n) is 8.06. The lowest BCUT2D eigenvalue weighted by Crippen LogP contribution is -2.81. The number of epoxide rings is 1. The molecular weight excluding hydrogens is 440 g/mol. The van der Waals surface area contributed by atoms with E-state index in [4.69, 9.17) is 14.2 Å². The molecule has 3 aliphatic carbocycles. The Balaban J connectivity index is 1.87. The van der Waals surface area contributed by atoms with Gasteiger partial charge in [-0.05, 0) is 64.5 Å². The zero-order chi connectivity index (χ0) is 25.3. The molecular formula is C26H32O8. The topological polar surface area (TPSA) is 120 Å². The predicted octanol–water partition coefficient (Wildman–Crippen LogP) is 2.22. The van der Waals surface area contributed by atoms with Crippen molar-refractivity contribution in [3.8, 4) is 0 Å². The third kappa shape index (κ3) is 2.19. The number of methoxy groups -OCH3 is 1. The minimum atomic E-state index is -2.36. The monoisotopic (exact) mass is 472 g/mol. The normalized spacial score (nSPS) is 46.8. The number of rotatable bonds is 1. The maximum atomic E-state index is 14.2. The van der Waals surface area contributed by atoms with Crippen molar-refractivity contribution in [2.45, 2.75) is 77.6 Å². The SMILES string of the molecule is COC(=O)[C@@]12C(=O)[C@@](C)(O)C(=O)[C@@](C)(C[C@H]3C(C)=C4CC(=O)OC(C)(C)C4=CC[C@@]31C)[C@]21CO1. The van der Waals surface area contributed by atoms with Gasteiger partial charge in [0.2, 0.25) is 0 Å². The van der Waals surface area contributed by atoms with Crippen molar-refractivity contribution in [3.05, 3.63) is 22.8 Å². The predicted molar refractivity (Wildman–Crippen MR) is 118 cm³/mol. The average molecular weight is 473 g/mol. The molecule has 0 aromatic heterocycles. The Kier molecular flexibility index (Phi) is 4.32. The average Bonchev–Trinajstić information content (AvgIpc) is 3.55. The number of carbonyl (C=O) groups excluding carboxylic acids is 4. The number of cyclic esters (lactones) is 1. The van der Waals surface area contributed by atoms with Crippen LogP contribution in [0.4, 0.5) is 0 Å². The molecule has 2 aliphatic heterocycles. The first-order valence-corrected chi connectivity index (χ1v) is 11.8. The van der Waals surface area contributed by atoms with Crippen LogP contribution in [0, 0.1) is 22.2 Å². The van der Waals surface area contributed by atoms with Crippen molar-refractivity contribution >= 4 is 23.5 Å². The number of hydrogen-bond donors (Lipinski definition) is 1. The summed E-state index contributed by atoms with van der Waals surface area (Å²) in [6, 6.07) is 0. The standard InChI is InChI=1S/C26H32O8/c1-13-14-10-17(27)34-21(2,3)15(14)8-9-22(4)16(13)11-23(5)18(28)24(6,31)19(29)26(22,20(30)32-7)25(23)12-33-25/h8,16,31H,9-12H2,1-7H3/t16-,22-,23+,24-,25+,26-/m0/s1. The van der Waals surface area contributed by atoms with Crippen LogP contribution in [-0.2, 0) is 33.4 Å². The lowest BCUT2D eigenvalue weighted by atomic mass is 9.34. The highest BCUT2D eigenvalue weighted by atomic mass is 16.6. The van der Waals surface area contributed by atoms with Gasteiger partial charge >= 0.3 is 11.9 Å². The van der Waals surface area contributed by atoms with Gasteiger partial charge in [0.15, 0.2) is 22.6 Å². The molecule has 1 spiro atoms. The highest BCUT2D eigenvalue weighted by molar-refractivity contribution is 6.25. The van der Waals surface area contributed by atoms with E-state index >= 15 is 0 Å². The minimum Gasteiger partial charge on any atom is -0.468 e.